The summed E-state index contributed by atoms with van der Waals surface area (Å²) in [5.41, 5.74) is 7.35. The molecule has 1 aliphatic rings. The molecule has 3 nitrogen and oxygen atoms in total. The lowest BCUT2D eigenvalue weighted by molar-refractivity contribution is 0.226. The van der Waals surface area contributed by atoms with Crippen molar-refractivity contribution in [3.8, 4) is 11.5 Å². The highest BCUT2D eigenvalue weighted by Gasteiger charge is 2.39. The summed E-state index contributed by atoms with van der Waals surface area (Å²) in [7, 11) is 1.68. The summed E-state index contributed by atoms with van der Waals surface area (Å²) in [4.78, 5) is 0. The van der Waals surface area contributed by atoms with Crippen LogP contribution in [0.3, 0.4) is 0 Å². The smallest absolute Gasteiger partial charge is 0.162 e. The van der Waals surface area contributed by atoms with E-state index in [2.05, 4.69) is 22.0 Å². The van der Waals surface area contributed by atoms with Crippen LogP contribution in [0, 0.1) is 0 Å². The monoisotopic (exact) mass is 327 g/mol. The second-order valence-electron chi connectivity index (χ2n) is 5.49. The first-order valence-corrected chi connectivity index (χ1v) is 7.56. The summed E-state index contributed by atoms with van der Waals surface area (Å²) in [6.45, 7) is 4.70. The molecule has 2 N–H and O–H groups in total. The summed E-state index contributed by atoms with van der Waals surface area (Å²) in [6.07, 6.45) is 3.67. The van der Waals surface area contributed by atoms with Crippen LogP contribution in [0.2, 0.25) is 0 Å². The van der Waals surface area contributed by atoms with E-state index < -0.39 is 0 Å². The van der Waals surface area contributed by atoms with Crippen molar-refractivity contribution in [2.45, 2.75) is 44.6 Å². The van der Waals surface area contributed by atoms with Crippen molar-refractivity contribution < 1.29 is 9.47 Å². The van der Waals surface area contributed by atoms with Crippen LogP contribution in [0.15, 0.2) is 16.6 Å². The van der Waals surface area contributed by atoms with Crippen LogP contribution < -0.4 is 15.2 Å². The molecule has 1 fully saturated rings. The number of halogens is 1. The molecule has 0 bridgehead atoms. The van der Waals surface area contributed by atoms with Gasteiger partial charge in [0.25, 0.3) is 0 Å². The third-order valence-electron chi connectivity index (χ3n) is 3.89. The summed E-state index contributed by atoms with van der Waals surface area (Å²) in [6, 6.07) is 4.08. The Morgan fingerprint density at radius 1 is 1.32 bits per heavy atom. The minimum atomic E-state index is 0.114. The van der Waals surface area contributed by atoms with Crippen molar-refractivity contribution in [2.75, 3.05) is 13.7 Å². The van der Waals surface area contributed by atoms with E-state index in [4.69, 9.17) is 15.2 Å². The highest BCUT2D eigenvalue weighted by molar-refractivity contribution is 9.10. The molecule has 0 spiro atoms. The zero-order valence-corrected chi connectivity index (χ0v) is 13.4. The molecule has 1 aromatic rings. The molecule has 0 aliphatic heterocycles. The fraction of sp³-hybridized carbons (Fsp3) is 0.600. The molecule has 0 amide bonds. The van der Waals surface area contributed by atoms with E-state index in [0.717, 1.165) is 28.8 Å². The fourth-order valence-corrected chi connectivity index (χ4v) is 3.38. The SMILES string of the molecule is COc1cc(C2(CN)CCC2)c(Br)cc1OC(C)C. The van der Waals surface area contributed by atoms with Crippen molar-refractivity contribution in [1.29, 1.82) is 0 Å². The van der Waals surface area contributed by atoms with Gasteiger partial charge in [0.2, 0.25) is 0 Å². The maximum Gasteiger partial charge on any atom is 0.162 e. The number of hydrogen-bond donors (Lipinski definition) is 1. The molecule has 2 rings (SSSR count). The molecule has 0 atom stereocenters. The first kappa shape index (κ1) is 14.7. The van der Waals surface area contributed by atoms with Crippen molar-refractivity contribution in [2.24, 2.45) is 5.73 Å². The number of methoxy groups -OCH3 is 1. The number of nitrogens with two attached hydrogens (primary N) is 1. The Morgan fingerprint density at radius 2 is 2.00 bits per heavy atom. The van der Waals surface area contributed by atoms with Gasteiger partial charge in [0, 0.05) is 16.4 Å². The molecule has 4 heteroatoms. The van der Waals surface area contributed by atoms with Crippen LogP contribution in [-0.2, 0) is 5.41 Å². The highest BCUT2D eigenvalue weighted by Crippen LogP contribution is 2.48. The summed E-state index contributed by atoms with van der Waals surface area (Å²) < 4.78 is 12.3. The maximum atomic E-state index is 5.99. The third kappa shape index (κ3) is 2.75. The van der Waals surface area contributed by atoms with Gasteiger partial charge < -0.3 is 15.2 Å². The maximum absolute atomic E-state index is 5.99. The number of benzene rings is 1. The van der Waals surface area contributed by atoms with Gasteiger partial charge in [-0.1, -0.05) is 22.4 Å². The molecule has 1 saturated carbocycles. The number of rotatable bonds is 5. The normalized spacial score (nSPS) is 17.2. The van der Waals surface area contributed by atoms with E-state index in [1.54, 1.807) is 7.11 Å². The molecule has 19 heavy (non-hydrogen) atoms. The van der Waals surface area contributed by atoms with E-state index in [0.29, 0.717) is 6.54 Å². The van der Waals surface area contributed by atoms with E-state index in [-0.39, 0.29) is 11.5 Å². The van der Waals surface area contributed by atoms with E-state index in [9.17, 15) is 0 Å². The predicted molar refractivity (Wildman–Crippen MR) is 81.0 cm³/mol. The highest BCUT2D eigenvalue weighted by atomic mass is 79.9. The molecule has 0 heterocycles. The zero-order chi connectivity index (χ0) is 14.0. The molecular weight excluding hydrogens is 306 g/mol. The van der Waals surface area contributed by atoms with Gasteiger partial charge in [-0.05, 0) is 44.4 Å². The minimum Gasteiger partial charge on any atom is -0.493 e. The lowest BCUT2D eigenvalue weighted by atomic mass is 9.64. The molecule has 1 aliphatic carbocycles. The molecular formula is C15H22BrNO2. The van der Waals surface area contributed by atoms with Crippen molar-refractivity contribution >= 4 is 15.9 Å². The fourth-order valence-electron chi connectivity index (χ4n) is 2.63. The Balaban J connectivity index is 2.41. The lowest BCUT2D eigenvalue weighted by Gasteiger charge is -2.42. The van der Waals surface area contributed by atoms with Crippen molar-refractivity contribution in [3.05, 3.63) is 22.2 Å². The summed E-state index contributed by atoms with van der Waals surface area (Å²) >= 11 is 3.66. The Bertz CT molecular complexity index is 450. The van der Waals surface area contributed by atoms with Crippen LogP contribution in [0.5, 0.6) is 11.5 Å². The van der Waals surface area contributed by atoms with Gasteiger partial charge >= 0.3 is 0 Å². The van der Waals surface area contributed by atoms with Gasteiger partial charge in [-0.3, -0.25) is 0 Å². The average Bonchev–Trinajstić information content (AvgIpc) is 2.30. The Kier molecular flexibility index (Phi) is 4.41. The van der Waals surface area contributed by atoms with Gasteiger partial charge in [0.05, 0.1) is 13.2 Å². The van der Waals surface area contributed by atoms with Crippen LogP contribution in [0.25, 0.3) is 0 Å². The standard InChI is InChI=1S/C15H22BrNO2/c1-10(2)19-14-8-12(16)11(7-13(14)18-3)15(9-17)5-4-6-15/h7-8,10H,4-6,9,17H2,1-3H3. The van der Waals surface area contributed by atoms with Crippen molar-refractivity contribution in [3.63, 3.8) is 0 Å². The van der Waals surface area contributed by atoms with Crippen LogP contribution in [0.1, 0.15) is 38.7 Å². The molecule has 1 aromatic carbocycles. The predicted octanol–water partition coefficient (Wildman–Crippen LogP) is 3.63. The second kappa shape index (κ2) is 5.71. The van der Waals surface area contributed by atoms with Gasteiger partial charge in [-0.15, -0.1) is 0 Å². The first-order chi connectivity index (χ1) is 9.02. The van der Waals surface area contributed by atoms with Crippen molar-refractivity contribution in [1.82, 2.24) is 0 Å². The van der Waals surface area contributed by atoms with E-state index in [1.807, 2.05) is 19.9 Å². The summed E-state index contributed by atoms with van der Waals surface area (Å²) in [5.74, 6) is 1.56. The molecule has 0 unspecified atom stereocenters. The summed E-state index contributed by atoms with van der Waals surface area (Å²) in [5, 5.41) is 0. The van der Waals surface area contributed by atoms with Gasteiger partial charge in [-0.2, -0.15) is 0 Å². The Hall–Kier alpha value is -0.740. The number of ether oxygens (including phenoxy) is 2. The molecule has 0 aromatic heterocycles. The Morgan fingerprint density at radius 3 is 2.42 bits per heavy atom. The topological polar surface area (TPSA) is 44.5 Å². The second-order valence-corrected chi connectivity index (χ2v) is 6.34. The van der Waals surface area contributed by atoms with Gasteiger partial charge in [-0.25, -0.2) is 0 Å². The van der Waals surface area contributed by atoms with Gasteiger partial charge in [0.15, 0.2) is 11.5 Å². The van der Waals surface area contributed by atoms with E-state index >= 15 is 0 Å². The number of hydrogen-bond acceptors (Lipinski definition) is 3. The lowest BCUT2D eigenvalue weighted by Crippen LogP contribution is -2.41. The minimum absolute atomic E-state index is 0.114. The average molecular weight is 328 g/mol. The van der Waals surface area contributed by atoms with Crippen LogP contribution in [0.4, 0.5) is 0 Å². The van der Waals surface area contributed by atoms with Crippen LogP contribution in [-0.4, -0.2) is 19.8 Å². The largest absolute Gasteiger partial charge is 0.493 e. The van der Waals surface area contributed by atoms with Crippen LogP contribution >= 0.6 is 15.9 Å². The molecule has 0 saturated heterocycles. The quantitative estimate of drug-likeness (QED) is 0.898. The third-order valence-corrected chi connectivity index (χ3v) is 4.54. The molecule has 106 valence electrons. The first-order valence-electron chi connectivity index (χ1n) is 6.77. The zero-order valence-electron chi connectivity index (χ0n) is 11.8. The van der Waals surface area contributed by atoms with Gasteiger partial charge in [0.1, 0.15) is 0 Å². The van der Waals surface area contributed by atoms with E-state index in [1.165, 1.54) is 12.0 Å². The Labute approximate surface area is 123 Å². The molecule has 0 radical (unpaired) electrons.